The molecule has 0 saturated heterocycles. The molecule has 0 radical (unpaired) electrons. The van der Waals surface area contributed by atoms with Crippen molar-refractivity contribution < 1.29 is 17.7 Å². The maximum Gasteiger partial charge on any atom is 0.294 e. The Morgan fingerprint density at radius 1 is 1.00 bits per heavy atom. The third-order valence-corrected chi connectivity index (χ3v) is 4.31. The van der Waals surface area contributed by atoms with E-state index in [0.29, 0.717) is 6.61 Å². The Bertz CT molecular complexity index is 526. The van der Waals surface area contributed by atoms with Gasteiger partial charge in [-0.3, -0.25) is 4.55 Å². The molecule has 0 aliphatic heterocycles. The molecule has 120 valence electrons. The predicted molar refractivity (Wildman–Crippen MR) is 84.6 cm³/mol. The van der Waals surface area contributed by atoms with Gasteiger partial charge in [-0.15, -0.1) is 0 Å². The minimum atomic E-state index is -4.16. The molecule has 0 fully saturated rings. The highest BCUT2D eigenvalue weighted by atomic mass is 32.2. The standard InChI is InChI=1S/C16H26O4S/c1-4-5-6-7-8-9-10-20-16-13(2)11-15(12-14(16)3)21(17,18)19/h11-12H,4-10H2,1-3H3,(H,17,18,19). The van der Waals surface area contributed by atoms with E-state index in [2.05, 4.69) is 6.92 Å². The molecule has 5 heteroatoms. The second-order valence-corrected chi connectivity index (χ2v) is 6.90. The molecular weight excluding hydrogens is 288 g/mol. The summed E-state index contributed by atoms with van der Waals surface area (Å²) in [6.45, 7) is 6.42. The molecule has 0 saturated carbocycles. The number of benzene rings is 1. The van der Waals surface area contributed by atoms with Gasteiger partial charge >= 0.3 is 0 Å². The first-order chi connectivity index (χ1) is 9.86. The summed E-state index contributed by atoms with van der Waals surface area (Å²) < 4.78 is 37.1. The molecule has 4 nitrogen and oxygen atoms in total. The fourth-order valence-corrected chi connectivity index (χ4v) is 3.00. The van der Waals surface area contributed by atoms with Gasteiger partial charge in [-0.2, -0.15) is 8.42 Å². The van der Waals surface area contributed by atoms with Gasteiger partial charge in [0, 0.05) is 0 Å². The van der Waals surface area contributed by atoms with Gasteiger partial charge in [-0.25, -0.2) is 0 Å². The second kappa shape index (κ2) is 8.39. The van der Waals surface area contributed by atoms with Crippen LogP contribution in [0, 0.1) is 13.8 Å². The number of hydrogen-bond acceptors (Lipinski definition) is 3. The highest BCUT2D eigenvalue weighted by molar-refractivity contribution is 7.85. The number of rotatable bonds is 9. The smallest absolute Gasteiger partial charge is 0.294 e. The molecule has 0 aliphatic carbocycles. The predicted octanol–water partition coefficient (Wildman–Crippen LogP) is 4.29. The fourth-order valence-electron chi connectivity index (χ4n) is 2.34. The maximum absolute atomic E-state index is 11.1. The third-order valence-electron chi connectivity index (χ3n) is 3.48. The van der Waals surface area contributed by atoms with E-state index >= 15 is 0 Å². The van der Waals surface area contributed by atoms with E-state index in [-0.39, 0.29) is 4.90 Å². The highest BCUT2D eigenvalue weighted by Crippen LogP contribution is 2.27. The average Bonchev–Trinajstić information content (AvgIpc) is 2.39. The molecule has 1 N–H and O–H groups in total. The van der Waals surface area contributed by atoms with Crippen molar-refractivity contribution in [2.75, 3.05) is 6.61 Å². The third kappa shape index (κ3) is 6.06. The van der Waals surface area contributed by atoms with Crippen LogP contribution in [0.3, 0.4) is 0 Å². The summed E-state index contributed by atoms with van der Waals surface area (Å²) in [6, 6.07) is 2.89. The van der Waals surface area contributed by atoms with Gasteiger partial charge < -0.3 is 4.74 Å². The van der Waals surface area contributed by atoms with E-state index < -0.39 is 10.1 Å². The fraction of sp³-hybridized carbons (Fsp3) is 0.625. The van der Waals surface area contributed by atoms with Crippen LogP contribution < -0.4 is 4.74 Å². The zero-order valence-corrected chi connectivity index (χ0v) is 14.0. The minimum absolute atomic E-state index is 0.0792. The number of aryl methyl sites for hydroxylation is 2. The molecule has 0 aromatic heterocycles. The maximum atomic E-state index is 11.1. The Hall–Kier alpha value is -1.07. The van der Waals surface area contributed by atoms with Crippen LogP contribution in [-0.2, 0) is 10.1 Å². The quantitative estimate of drug-likeness (QED) is 0.545. The van der Waals surface area contributed by atoms with Gasteiger partial charge in [0.1, 0.15) is 5.75 Å². The molecule has 0 atom stereocenters. The Balaban J connectivity index is 2.53. The first-order valence-electron chi connectivity index (χ1n) is 7.57. The zero-order chi connectivity index (χ0) is 15.9. The molecule has 1 aromatic carbocycles. The van der Waals surface area contributed by atoms with Crippen molar-refractivity contribution >= 4 is 10.1 Å². The van der Waals surface area contributed by atoms with Crippen LogP contribution in [0.25, 0.3) is 0 Å². The highest BCUT2D eigenvalue weighted by Gasteiger charge is 2.14. The number of unbranched alkanes of at least 4 members (excludes halogenated alkanes) is 5. The summed E-state index contributed by atoms with van der Waals surface area (Å²) in [4.78, 5) is -0.0792. The summed E-state index contributed by atoms with van der Waals surface area (Å²) >= 11 is 0. The summed E-state index contributed by atoms with van der Waals surface area (Å²) in [7, 11) is -4.16. The molecular formula is C16H26O4S. The van der Waals surface area contributed by atoms with Gasteiger partial charge in [-0.1, -0.05) is 39.0 Å². The van der Waals surface area contributed by atoms with Crippen molar-refractivity contribution in [1.29, 1.82) is 0 Å². The summed E-state index contributed by atoms with van der Waals surface area (Å²) in [5.74, 6) is 0.718. The van der Waals surface area contributed by atoms with Crippen LogP contribution in [0.5, 0.6) is 5.75 Å². The van der Waals surface area contributed by atoms with E-state index in [0.717, 1.165) is 29.7 Å². The van der Waals surface area contributed by atoms with Gasteiger partial charge in [0.2, 0.25) is 0 Å². The largest absolute Gasteiger partial charge is 0.493 e. The lowest BCUT2D eigenvalue weighted by molar-refractivity contribution is 0.300. The van der Waals surface area contributed by atoms with Crippen LogP contribution >= 0.6 is 0 Å². The van der Waals surface area contributed by atoms with Crippen LogP contribution in [0.4, 0.5) is 0 Å². The van der Waals surface area contributed by atoms with E-state index in [1.165, 1.54) is 37.8 Å². The first-order valence-corrected chi connectivity index (χ1v) is 9.01. The normalized spacial score (nSPS) is 11.6. The molecule has 1 rings (SSSR count). The molecule has 0 bridgehead atoms. The van der Waals surface area contributed by atoms with Crippen molar-refractivity contribution in [3.63, 3.8) is 0 Å². The van der Waals surface area contributed by atoms with Crippen molar-refractivity contribution in [2.45, 2.75) is 64.2 Å². The van der Waals surface area contributed by atoms with Gasteiger partial charge in [0.25, 0.3) is 10.1 Å². The van der Waals surface area contributed by atoms with Crippen LogP contribution in [0.1, 0.15) is 56.6 Å². The topological polar surface area (TPSA) is 63.6 Å². The lowest BCUT2D eigenvalue weighted by Crippen LogP contribution is -2.04. The van der Waals surface area contributed by atoms with Crippen molar-refractivity contribution in [1.82, 2.24) is 0 Å². The summed E-state index contributed by atoms with van der Waals surface area (Å²) in [5.41, 5.74) is 1.46. The molecule has 21 heavy (non-hydrogen) atoms. The van der Waals surface area contributed by atoms with E-state index in [9.17, 15) is 8.42 Å². The van der Waals surface area contributed by atoms with Crippen LogP contribution in [-0.4, -0.2) is 19.6 Å². The van der Waals surface area contributed by atoms with Crippen LogP contribution in [0.2, 0.25) is 0 Å². The van der Waals surface area contributed by atoms with E-state index in [1.807, 2.05) is 0 Å². The second-order valence-electron chi connectivity index (χ2n) is 5.48. The first kappa shape index (κ1) is 18.0. The minimum Gasteiger partial charge on any atom is -0.493 e. The van der Waals surface area contributed by atoms with Crippen molar-refractivity contribution in [3.05, 3.63) is 23.3 Å². The summed E-state index contributed by atoms with van der Waals surface area (Å²) in [5, 5.41) is 0. The van der Waals surface area contributed by atoms with Crippen LogP contribution in [0.15, 0.2) is 17.0 Å². The Labute approximate surface area is 128 Å². The van der Waals surface area contributed by atoms with E-state index in [1.54, 1.807) is 13.8 Å². The monoisotopic (exact) mass is 314 g/mol. The van der Waals surface area contributed by atoms with Gasteiger partial charge in [0.15, 0.2) is 0 Å². The van der Waals surface area contributed by atoms with Gasteiger partial charge in [0.05, 0.1) is 11.5 Å². The van der Waals surface area contributed by atoms with Crippen molar-refractivity contribution in [2.24, 2.45) is 0 Å². The van der Waals surface area contributed by atoms with Gasteiger partial charge in [-0.05, 0) is 43.5 Å². The zero-order valence-electron chi connectivity index (χ0n) is 13.2. The lowest BCUT2D eigenvalue weighted by atomic mass is 10.1. The molecule has 1 aromatic rings. The molecule has 0 unspecified atom stereocenters. The SMILES string of the molecule is CCCCCCCCOc1c(C)cc(S(=O)(=O)O)cc1C. The number of ether oxygens (including phenoxy) is 1. The average molecular weight is 314 g/mol. The lowest BCUT2D eigenvalue weighted by Gasteiger charge is -2.13. The molecule has 0 spiro atoms. The Morgan fingerprint density at radius 3 is 2.05 bits per heavy atom. The van der Waals surface area contributed by atoms with Crippen molar-refractivity contribution in [3.8, 4) is 5.75 Å². The number of hydrogen-bond donors (Lipinski definition) is 1. The molecule has 0 heterocycles. The Morgan fingerprint density at radius 2 is 1.52 bits per heavy atom. The summed E-state index contributed by atoms with van der Waals surface area (Å²) in [6.07, 6.45) is 7.20. The van der Waals surface area contributed by atoms with E-state index in [4.69, 9.17) is 9.29 Å². The molecule has 0 aliphatic rings. The molecule has 0 amide bonds. The Kier molecular flexibility index (Phi) is 7.18.